The van der Waals surface area contributed by atoms with Crippen molar-refractivity contribution in [2.45, 2.75) is 46.0 Å². The van der Waals surface area contributed by atoms with Crippen molar-refractivity contribution in [2.24, 2.45) is 7.05 Å². The van der Waals surface area contributed by atoms with Crippen LogP contribution in [0.25, 0.3) is 11.1 Å². The average Bonchev–Trinajstić information content (AvgIpc) is 3.23. The Bertz CT molecular complexity index is 1240. The van der Waals surface area contributed by atoms with Gasteiger partial charge in [-0.3, -0.25) is 9.48 Å². The van der Waals surface area contributed by atoms with E-state index in [0.29, 0.717) is 17.8 Å². The summed E-state index contributed by atoms with van der Waals surface area (Å²) in [6.45, 7) is 6.16. The highest BCUT2D eigenvalue weighted by molar-refractivity contribution is 6.33. The fourth-order valence-electron chi connectivity index (χ4n) is 4.11. The van der Waals surface area contributed by atoms with Gasteiger partial charge in [0.15, 0.2) is 12.3 Å². The number of pyridine rings is 1. The smallest absolute Gasteiger partial charge is 0.287 e. The number of anilines is 1. The van der Waals surface area contributed by atoms with E-state index in [1.165, 1.54) is 16.9 Å². The molecular weight excluding hydrogens is 454 g/mol. The third-order valence-corrected chi connectivity index (χ3v) is 6.14. The van der Waals surface area contributed by atoms with Gasteiger partial charge in [-0.25, -0.2) is 9.07 Å². The summed E-state index contributed by atoms with van der Waals surface area (Å²) in [7, 11) is 1.81. The zero-order valence-electron chi connectivity index (χ0n) is 18.8. The Balaban J connectivity index is 1.57. The standard InChI is InChI=1S/C22H25ClF2N6O2/c1-5-6-31-22(32)21(23)16(9-26-31)30-10-15(24)17(11-30)33-19-8-14(7-18(25)27-19)20-12(2)28-29(4)13(20)3/h7-9,15,17H,5-6,10-11H2,1-4H3/t15-,17-/m0/s1. The van der Waals surface area contributed by atoms with E-state index in [1.807, 2.05) is 27.8 Å². The second-order valence-corrected chi connectivity index (χ2v) is 8.51. The molecule has 0 amide bonds. The second-order valence-electron chi connectivity index (χ2n) is 8.14. The third kappa shape index (κ3) is 4.44. The molecule has 4 rings (SSSR count). The number of alkyl halides is 1. The highest BCUT2D eigenvalue weighted by atomic mass is 35.5. The van der Waals surface area contributed by atoms with Gasteiger partial charge >= 0.3 is 0 Å². The monoisotopic (exact) mass is 478 g/mol. The van der Waals surface area contributed by atoms with Crippen molar-refractivity contribution in [1.29, 1.82) is 0 Å². The van der Waals surface area contributed by atoms with Crippen molar-refractivity contribution in [3.05, 3.63) is 51.0 Å². The summed E-state index contributed by atoms with van der Waals surface area (Å²) in [6.07, 6.45) is -0.122. The van der Waals surface area contributed by atoms with E-state index in [2.05, 4.69) is 15.2 Å². The van der Waals surface area contributed by atoms with Gasteiger partial charge in [0.2, 0.25) is 11.8 Å². The summed E-state index contributed by atoms with van der Waals surface area (Å²) in [5.74, 6) is -0.757. The zero-order valence-corrected chi connectivity index (χ0v) is 19.6. The Kier molecular flexibility index (Phi) is 6.38. The molecule has 0 aromatic carbocycles. The van der Waals surface area contributed by atoms with Crippen molar-refractivity contribution < 1.29 is 13.5 Å². The van der Waals surface area contributed by atoms with Gasteiger partial charge in [-0.2, -0.15) is 19.6 Å². The minimum atomic E-state index is -1.39. The number of rotatable bonds is 6. The lowest BCUT2D eigenvalue weighted by atomic mass is 10.1. The summed E-state index contributed by atoms with van der Waals surface area (Å²) >= 11 is 6.26. The fourth-order valence-corrected chi connectivity index (χ4v) is 4.38. The molecule has 1 fully saturated rings. The average molecular weight is 479 g/mol. The molecule has 0 radical (unpaired) electrons. The lowest BCUT2D eigenvalue weighted by Gasteiger charge is -2.19. The first kappa shape index (κ1) is 23.2. The van der Waals surface area contributed by atoms with Crippen LogP contribution in [-0.2, 0) is 13.6 Å². The molecule has 0 spiro atoms. The van der Waals surface area contributed by atoms with Gasteiger partial charge in [0.25, 0.3) is 5.56 Å². The number of aromatic nitrogens is 5. The molecule has 4 heterocycles. The molecule has 2 atom stereocenters. The molecular formula is C22H25ClF2N6O2. The van der Waals surface area contributed by atoms with Crippen LogP contribution in [0.15, 0.2) is 23.1 Å². The van der Waals surface area contributed by atoms with E-state index in [1.54, 1.807) is 15.6 Å². The first-order valence-electron chi connectivity index (χ1n) is 10.7. The SMILES string of the molecule is CCCn1ncc(N2C[C@H](Oc3cc(-c4c(C)nn(C)c4C)cc(F)n3)[C@@H](F)C2)c(Cl)c1=O. The molecule has 0 saturated carbocycles. The van der Waals surface area contributed by atoms with Crippen LogP contribution in [0.4, 0.5) is 14.5 Å². The van der Waals surface area contributed by atoms with E-state index >= 15 is 0 Å². The van der Waals surface area contributed by atoms with Gasteiger partial charge < -0.3 is 9.64 Å². The summed E-state index contributed by atoms with van der Waals surface area (Å²) in [5, 5.41) is 8.47. The Labute approximate surface area is 194 Å². The Hall–Kier alpha value is -3.01. The van der Waals surface area contributed by atoms with Crippen molar-refractivity contribution in [1.82, 2.24) is 24.5 Å². The molecule has 33 heavy (non-hydrogen) atoms. The van der Waals surface area contributed by atoms with Gasteiger partial charge in [-0.1, -0.05) is 18.5 Å². The molecule has 176 valence electrons. The predicted octanol–water partition coefficient (Wildman–Crippen LogP) is 3.46. The molecule has 0 unspecified atom stereocenters. The van der Waals surface area contributed by atoms with Gasteiger partial charge in [0, 0.05) is 37.0 Å². The number of halogens is 3. The topological polar surface area (TPSA) is 78.1 Å². The van der Waals surface area contributed by atoms with Gasteiger partial charge in [-0.15, -0.1) is 0 Å². The zero-order chi connectivity index (χ0) is 23.9. The molecule has 0 N–H and O–H groups in total. The molecule has 1 aliphatic heterocycles. The normalized spacial score (nSPS) is 18.2. The van der Waals surface area contributed by atoms with Gasteiger partial charge in [0.1, 0.15) is 5.02 Å². The van der Waals surface area contributed by atoms with Gasteiger partial charge in [0.05, 0.1) is 30.7 Å². The number of hydrogen-bond acceptors (Lipinski definition) is 6. The number of aryl methyl sites for hydroxylation is 3. The minimum Gasteiger partial charge on any atom is -0.469 e. The van der Waals surface area contributed by atoms with Crippen molar-refractivity contribution in [2.75, 3.05) is 18.0 Å². The van der Waals surface area contributed by atoms with Crippen LogP contribution in [0.1, 0.15) is 24.7 Å². The van der Waals surface area contributed by atoms with Crippen LogP contribution in [0.2, 0.25) is 5.02 Å². The van der Waals surface area contributed by atoms with Crippen molar-refractivity contribution in [3.63, 3.8) is 0 Å². The predicted molar refractivity (Wildman–Crippen MR) is 121 cm³/mol. The van der Waals surface area contributed by atoms with Gasteiger partial charge in [-0.05, 0) is 25.8 Å². The molecule has 3 aromatic rings. The summed E-state index contributed by atoms with van der Waals surface area (Å²) < 4.78 is 37.9. The summed E-state index contributed by atoms with van der Waals surface area (Å²) in [4.78, 5) is 17.8. The quantitative estimate of drug-likeness (QED) is 0.505. The van der Waals surface area contributed by atoms with Crippen LogP contribution < -0.4 is 15.2 Å². The van der Waals surface area contributed by atoms with Crippen LogP contribution in [0.5, 0.6) is 5.88 Å². The number of ether oxygens (including phenoxy) is 1. The summed E-state index contributed by atoms with van der Waals surface area (Å²) in [5.41, 5.74) is 2.85. The number of nitrogens with zero attached hydrogens (tertiary/aromatic N) is 6. The maximum Gasteiger partial charge on any atom is 0.287 e. The fraction of sp³-hybridized carbons (Fsp3) is 0.455. The Morgan fingerprint density at radius 2 is 2.03 bits per heavy atom. The van der Waals surface area contributed by atoms with Crippen LogP contribution >= 0.6 is 11.6 Å². The van der Waals surface area contributed by atoms with E-state index in [4.69, 9.17) is 16.3 Å². The van der Waals surface area contributed by atoms with Crippen molar-refractivity contribution in [3.8, 4) is 17.0 Å². The molecule has 1 aliphatic rings. The third-order valence-electron chi connectivity index (χ3n) is 5.78. The molecule has 0 aliphatic carbocycles. The second kappa shape index (κ2) is 9.09. The molecule has 11 heteroatoms. The molecule has 8 nitrogen and oxygen atoms in total. The minimum absolute atomic E-state index is 0.0139. The Morgan fingerprint density at radius 3 is 2.70 bits per heavy atom. The lowest BCUT2D eigenvalue weighted by molar-refractivity contribution is 0.133. The van der Waals surface area contributed by atoms with Crippen LogP contribution in [0.3, 0.4) is 0 Å². The van der Waals surface area contributed by atoms with Crippen LogP contribution in [-0.4, -0.2) is 49.9 Å². The lowest BCUT2D eigenvalue weighted by Crippen LogP contribution is -2.30. The van der Waals surface area contributed by atoms with E-state index < -0.39 is 23.8 Å². The largest absolute Gasteiger partial charge is 0.469 e. The Morgan fingerprint density at radius 1 is 1.27 bits per heavy atom. The molecule has 1 saturated heterocycles. The van der Waals surface area contributed by atoms with E-state index in [-0.39, 0.29) is 24.0 Å². The number of hydrogen-bond donors (Lipinski definition) is 0. The van der Waals surface area contributed by atoms with E-state index in [0.717, 1.165) is 23.4 Å². The molecule has 0 bridgehead atoms. The first-order chi connectivity index (χ1) is 15.7. The molecule has 3 aromatic heterocycles. The van der Waals surface area contributed by atoms with Crippen molar-refractivity contribution >= 4 is 17.3 Å². The maximum atomic E-state index is 14.8. The first-order valence-corrected chi connectivity index (χ1v) is 11.1. The maximum absolute atomic E-state index is 14.8. The highest BCUT2D eigenvalue weighted by Gasteiger charge is 2.36. The van der Waals surface area contributed by atoms with E-state index in [9.17, 15) is 13.6 Å². The van der Waals surface area contributed by atoms with Crippen LogP contribution in [0, 0.1) is 19.8 Å². The summed E-state index contributed by atoms with van der Waals surface area (Å²) in [6, 6.07) is 2.88. The highest BCUT2D eigenvalue weighted by Crippen LogP contribution is 2.32.